The van der Waals surface area contributed by atoms with E-state index in [0.29, 0.717) is 10.6 Å². The summed E-state index contributed by atoms with van der Waals surface area (Å²) in [5.41, 5.74) is -2.27. The Morgan fingerprint density at radius 3 is 2.62 bits per heavy atom. The monoisotopic (exact) mass is 334 g/mol. The van der Waals surface area contributed by atoms with E-state index in [1.165, 1.54) is 0 Å². The van der Waals surface area contributed by atoms with Crippen LogP contribution >= 0.6 is 0 Å². The van der Waals surface area contributed by atoms with Crippen LogP contribution in [-0.2, 0) is 17.9 Å². The van der Waals surface area contributed by atoms with Crippen molar-refractivity contribution in [3.63, 3.8) is 0 Å². The van der Waals surface area contributed by atoms with Crippen molar-refractivity contribution in [3.05, 3.63) is 62.4 Å². The Bertz CT molecular complexity index is 957. The van der Waals surface area contributed by atoms with Crippen LogP contribution < -0.4 is 16.6 Å². The first-order valence-corrected chi connectivity index (χ1v) is 6.86. The van der Waals surface area contributed by atoms with Gasteiger partial charge in [-0.3, -0.25) is 14.2 Å². The number of nitrogens with one attached hydrogen (secondary N) is 1. The van der Waals surface area contributed by atoms with Gasteiger partial charge in [-0.1, -0.05) is 0 Å². The Morgan fingerprint density at radius 1 is 1.33 bits per heavy atom. The van der Waals surface area contributed by atoms with Crippen LogP contribution in [0.5, 0.6) is 0 Å². The van der Waals surface area contributed by atoms with Gasteiger partial charge in [-0.15, -0.1) is 0 Å². The van der Waals surface area contributed by atoms with Gasteiger partial charge in [0, 0.05) is 18.8 Å². The summed E-state index contributed by atoms with van der Waals surface area (Å²) >= 11 is 0. The molecule has 2 aromatic rings. The lowest BCUT2D eigenvalue weighted by Crippen LogP contribution is -2.43. The lowest BCUT2D eigenvalue weighted by Gasteiger charge is -2.10. The third-order valence-corrected chi connectivity index (χ3v) is 3.21. The first kappa shape index (κ1) is 17.1. The number of hydrogen-bond donors (Lipinski definition) is 1. The van der Waals surface area contributed by atoms with Crippen molar-refractivity contribution in [2.75, 3.05) is 5.32 Å². The van der Waals surface area contributed by atoms with Gasteiger partial charge in [-0.2, -0.15) is 5.26 Å². The number of benzene rings is 1. The second-order valence-electron chi connectivity index (χ2n) is 4.79. The molecule has 0 bridgehead atoms. The molecule has 2 rings (SSSR count). The second kappa shape index (κ2) is 6.87. The molecule has 0 saturated heterocycles. The third-order valence-electron chi connectivity index (χ3n) is 3.21. The number of rotatable bonds is 4. The van der Waals surface area contributed by atoms with Gasteiger partial charge in [0.1, 0.15) is 29.8 Å². The summed E-state index contributed by atoms with van der Waals surface area (Å²) in [7, 11) is 0. The van der Waals surface area contributed by atoms with Gasteiger partial charge in [-0.05, 0) is 19.1 Å². The molecule has 1 aromatic heterocycles. The topological polar surface area (TPSA) is 96.9 Å². The molecule has 1 amide bonds. The average Bonchev–Trinajstić information content (AvgIpc) is 2.54. The van der Waals surface area contributed by atoms with Crippen LogP contribution in [0.1, 0.15) is 12.5 Å². The predicted octanol–water partition coefficient (Wildman–Crippen LogP) is 0.818. The quantitative estimate of drug-likeness (QED) is 0.895. The van der Waals surface area contributed by atoms with Crippen LogP contribution in [0.3, 0.4) is 0 Å². The number of halogens is 2. The summed E-state index contributed by atoms with van der Waals surface area (Å²) in [6, 6.07) is 4.20. The van der Waals surface area contributed by atoms with E-state index in [0.717, 1.165) is 22.9 Å². The van der Waals surface area contributed by atoms with Gasteiger partial charge in [-0.25, -0.2) is 18.1 Å². The number of aryl methyl sites for hydroxylation is 1. The molecule has 0 aliphatic carbocycles. The zero-order valence-electron chi connectivity index (χ0n) is 12.5. The van der Waals surface area contributed by atoms with Gasteiger partial charge in [0.15, 0.2) is 0 Å². The highest BCUT2D eigenvalue weighted by Gasteiger charge is 2.15. The maximum Gasteiger partial charge on any atom is 0.331 e. The molecular formula is C15H12F2N4O3. The summed E-state index contributed by atoms with van der Waals surface area (Å²) in [5.74, 6) is -2.67. The molecule has 24 heavy (non-hydrogen) atoms. The first-order valence-electron chi connectivity index (χ1n) is 6.86. The van der Waals surface area contributed by atoms with Gasteiger partial charge in [0.25, 0.3) is 5.56 Å². The zero-order chi connectivity index (χ0) is 17.9. The van der Waals surface area contributed by atoms with Crippen molar-refractivity contribution >= 4 is 11.6 Å². The van der Waals surface area contributed by atoms with Gasteiger partial charge in [0.05, 0.1) is 5.69 Å². The van der Waals surface area contributed by atoms with Gasteiger partial charge >= 0.3 is 5.69 Å². The van der Waals surface area contributed by atoms with Crippen molar-refractivity contribution < 1.29 is 13.6 Å². The van der Waals surface area contributed by atoms with Crippen molar-refractivity contribution in [2.24, 2.45) is 0 Å². The van der Waals surface area contributed by atoms with Crippen LogP contribution in [0, 0.1) is 23.0 Å². The Hall–Kier alpha value is -3.28. The van der Waals surface area contributed by atoms with Crippen molar-refractivity contribution in [1.82, 2.24) is 9.13 Å². The van der Waals surface area contributed by atoms with E-state index in [1.807, 2.05) is 0 Å². The van der Waals surface area contributed by atoms with Gasteiger partial charge < -0.3 is 5.32 Å². The number of carbonyl (C=O) groups is 1. The van der Waals surface area contributed by atoms with E-state index >= 15 is 0 Å². The summed E-state index contributed by atoms with van der Waals surface area (Å²) in [5, 5.41) is 11.1. The maximum atomic E-state index is 13.5. The molecule has 0 aliphatic heterocycles. The fourth-order valence-corrected chi connectivity index (χ4v) is 2.02. The summed E-state index contributed by atoms with van der Waals surface area (Å²) in [6.45, 7) is 1.12. The standard InChI is InChI=1S/C15H12F2N4O3/c1-2-20-7-9(6-18)14(23)21(15(20)24)8-13(22)19-12-4-3-10(16)5-11(12)17/h3-5,7H,2,8H2,1H3,(H,19,22). The molecule has 0 radical (unpaired) electrons. The Morgan fingerprint density at radius 2 is 2.04 bits per heavy atom. The molecule has 0 atom stereocenters. The number of nitriles is 1. The van der Waals surface area contributed by atoms with Crippen LogP contribution in [0.2, 0.25) is 0 Å². The number of hydrogen-bond acceptors (Lipinski definition) is 4. The second-order valence-corrected chi connectivity index (χ2v) is 4.79. The first-order chi connectivity index (χ1) is 11.4. The molecule has 1 N–H and O–H groups in total. The molecule has 124 valence electrons. The molecule has 1 aromatic carbocycles. The highest BCUT2D eigenvalue weighted by molar-refractivity contribution is 5.90. The van der Waals surface area contributed by atoms with Crippen LogP contribution in [0.4, 0.5) is 14.5 Å². The molecular weight excluding hydrogens is 322 g/mol. The zero-order valence-corrected chi connectivity index (χ0v) is 12.5. The summed E-state index contributed by atoms with van der Waals surface area (Å²) in [4.78, 5) is 36.1. The fourth-order valence-electron chi connectivity index (χ4n) is 2.02. The summed E-state index contributed by atoms with van der Waals surface area (Å²) < 4.78 is 28.0. The molecule has 7 nitrogen and oxygen atoms in total. The number of amides is 1. The molecule has 0 unspecified atom stereocenters. The SMILES string of the molecule is CCn1cc(C#N)c(=O)n(CC(=O)Nc2ccc(F)cc2F)c1=O. The molecule has 0 spiro atoms. The lowest BCUT2D eigenvalue weighted by atomic mass is 10.3. The van der Waals surface area contributed by atoms with Crippen LogP contribution in [0.25, 0.3) is 0 Å². The van der Waals surface area contributed by atoms with E-state index in [4.69, 9.17) is 5.26 Å². The lowest BCUT2D eigenvalue weighted by molar-refractivity contribution is -0.116. The minimum atomic E-state index is -0.993. The van der Waals surface area contributed by atoms with Crippen LogP contribution in [0.15, 0.2) is 34.0 Å². The van der Waals surface area contributed by atoms with Crippen molar-refractivity contribution in [3.8, 4) is 6.07 Å². The minimum Gasteiger partial charge on any atom is -0.322 e. The molecule has 9 heteroatoms. The average molecular weight is 334 g/mol. The Kier molecular flexibility index (Phi) is 4.89. The largest absolute Gasteiger partial charge is 0.331 e. The normalized spacial score (nSPS) is 10.2. The molecule has 0 saturated carbocycles. The van der Waals surface area contributed by atoms with Crippen LogP contribution in [-0.4, -0.2) is 15.0 Å². The molecule has 0 aliphatic rings. The summed E-state index contributed by atoms with van der Waals surface area (Å²) in [6.07, 6.45) is 1.11. The molecule has 0 fully saturated rings. The van der Waals surface area contributed by atoms with E-state index < -0.39 is 35.3 Å². The van der Waals surface area contributed by atoms with Gasteiger partial charge in [0.2, 0.25) is 5.91 Å². The van der Waals surface area contributed by atoms with E-state index in [-0.39, 0.29) is 17.8 Å². The minimum absolute atomic E-state index is 0.196. The Labute approximate surface area is 134 Å². The highest BCUT2D eigenvalue weighted by atomic mass is 19.1. The number of carbonyl (C=O) groups excluding carboxylic acids is 1. The van der Waals surface area contributed by atoms with Crippen molar-refractivity contribution in [2.45, 2.75) is 20.0 Å². The Balaban J connectivity index is 2.34. The van der Waals surface area contributed by atoms with E-state index in [1.54, 1.807) is 13.0 Å². The van der Waals surface area contributed by atoms with E-state index in [2.05, 4.69) is 5.32 Å². The fraction of sp³-hybridized carbons (Fsp3) is 0.200. The third kappa shape index (κ3) is 3.38. The van der Waals surface area contributed by atoms with E-state index in [9.17, 15) is 23.2 Å². The maximum absolute atomic E-state index is 13.5. The number of nitrogens with zero attached hydrogens (tertiary/aromatic N) is 3. The number of aromatic nitrogens is 2. The predicted molar refractivity (Wildman–Crippen MR) is 80.3 cm³/mol. The molecule has 1 heterocycles. The smallest absolute Gasteiger partial charge is 0.322 e. The number of anilines is 1. The highest BCUT2D eigenvalue weighted by Crippen LogP contribution is 2.14. The van der Waals surface area contributed by atoms with Crippen molar-refractivity contribution in [1.29, 1.82) is 5.26 Å².